The van der Waals surface area contributed by atoms with Gasteiger partial charge in [-0.2, -0.15) is 0 Å². The Morgan fingerprint density at radius 2 is 1.76 bits per heavy atom. The van der Waals surface area contributed by atoms with Gasteiger partial charge in [-0.25, -0.2) is 4.39 Å². The number of nitrogens with zero attached hydrogens (tertiary/aromatic N) is 2. The van der Waals surface area contributed by atoms with Gasteiger partial charge in [0.25, 0.3) is 0 Å². The number of phenols is 1. The summed E-state index contributed by atoms with van der Waals surface area (Å²) in [5.41, 5.74) is 2.44. The van der Waals surface area contributed by atoms with E-state index in [0.717, 1.165) is 19.4 Å². The van der Waals surface area contributed by atoms with Gasteiger partial charge in [-0.3, -0.25) is 28.9 Å². The second-order valence-electron chi connectivity index (χ2n) is 12.7. The largest absolute Gasteiger partial charge is 0.507 e. The summed E-state index contributed by atoms with van der Waals surface area (Å²) in [6.45, 7) is 1.02. The van der Waals surface area contributed by atoms with E-state index in [-0.39, 0.29) is 36.1 Å². The van der Waals surface area contributed by atoms with Crippen molar-refractivity contribution in [2.45, 2.75) is 63.1 Å². The van der Waals surface area contributed by atoms with Crippen molar-refractivity contribution in [2.24, 2.45) is 35.3 Å². The predicted molar refractivity (Wildman–Crippen MR) is 144 cm³/mol. The molecule has 0 heterocycles. The summed E-state index contributed by atoms with van der Waals surface area (Å²) >= 11 is 0. The first-order valence-corrected chi connectivity index (χ1v) is 14.3. The fourth-order valence-electron chi connectivity index (χ4n) is 7.99. The standard InChI is InChI=1S/C30H38FN3O7/c1-33(2)24-18-10-15-9-17-21(19(35)11-16(23(17)31)13-34(3)12-14-7-5-4-6-8-14)25(36)20(15)27(38)30(18,41)28(39)22(26(24)37)29(32)40/h11,14-15,18,20,22,24,35,41H,4-10,12-13H2,1-3H3,(H2,32,40)/t15-,18-,20?,22?,24-,30-/m0/s1. The minimum absolute atomic E-state index is 0.000402. The van der Waals surface area contributed by atoms with Gasteiger partial charge in [0.05, 0.1) is 17.5 Å². The molecule has 1 aromatic carbocycles. The first-order valence-electron chi connectivity index (χ1n) is 14.3. The van der Waals surface area contributed by atoms with Crippen LogP contribution in [0, 0.1) is 35.4 Å². The van der Waals surface area contributed by atoms with Crippen molar-refractivity contribution < 1.29 is 38.6 Å². The van der Waals surface area contributed by atoms with Gasteiger partial charge >= 0.3 is 0 Å². The van der Waals surface area contributed by atoms with E-state index < -0.39 is 75.9 Å². The molecule has 3 saturated carbocycles. The third-order valence-electron chi connectivity index (χ3n) is 9.80. The van der Waals surface area contributed by atoms with Crippen molar-refractivity contribution in [3.8, 4) is 5.75 Å². The molecule has 4 aliphatic rings. The zero-order valence-electron chi connectivity index (χ0n) is 23.7. The molecule has 5 rings (SSSR count). The molecule has 0 spiro atoms. The number of amides is 1. The average molecular weight is 572 g/mol. The highest BCUT2D eigenvalue weighted by Gasteiger charge is 2.69. The molecule has 10 nitrogen and oxygen atoms in total. The van der Waals surface area contributed by atoms with Crippen molar-refractivity contribution in [1.29, 1.82) is 0 Å². The van der Waals surface area contributed by atoms with Crippen LogP contribution in [0.4, 0.5) is 4.39 Å². The first-order chi connectivity index (χ1) is 19.3. The zero-order valence-corrected chi connectivity index (χ0v) is 23.7. The number of nitrogens with two attached hydrogens (primary N) is 1. The van der Waals surface area contributed by atoms with Gasteiger partial charge in [0.1, 0.15) is 11.6 Å². The van der Waals surface area contributed by atoms with Crippen LogP contribution in [-0.2, 0) is 32.1 Å². The summed E-state index contributed by atoms with van der Waals surface area (Å²) in [7, 11) is 4.93. The molecule has 3 fully saturated rings. The third-order valence-corrected chi connectivity index (χ3v) is 9.80. The SMILES string of the molecule is CN(Cc1cc(O)c2c(c1F)C[C@H]1C[C@H]3[C@H](N(C)C)C(=O)C(C(N)=O)C(=O)[C@@]3(O)C(=O)C1C2=O)CC1CCCCC1. The number of aliphatic hydroxyl groups is 1. The van der Waals surface area contributed by atoms with Crippen molar-refractivity contribution in [3.63, 3.8) is 0 Å². The van der Waals surface area contributed by atoms with E-state index in [2.05, 4.69) is 0 Å². The third kappa shape index (κ3) is 4.62. The molecule has 2 unspecified atom stereocenters. The Bertz CT molecular complexity index is 1320. The maximum absolute atomic E-state index is 16.0. The van der Waals surface area contributed by atoms with Gasteiger partial charge in [-0.15, -0.1) is 0 Å². The second kappa shape index (κ2) is 10.7. The molecule has 0 radical (unpaired) electrons. The number of primary amides is 1. The molecule has 1 aromatic rings. The summed E-state index contributed by atoms with van der Waals surface area (Å²) in [6, 6.07) is 0.0131. The van der Waals surface area contributed by atoms with Crippen LogP contribution in [0.5, 0.6) is 5.75 Å². The van der Waals surface area contributed by atoms with Crippen LogP contribution in [0.15, 0.2) is 6.07 Å². The second-order valence-corrected chi connectivity index (χ2v) is 12.7. The maximum Gasteiger partial charge on any atom is 0.235 e. The number of carbonyl (C=O) groups is 5. The topological polar surface area (TPSA) is 158 Å². The number of hydrogen-bond acceptors (Lipinski definition) is 9. The van der Waals surface area contributed by atoms with Gasteiger partial charge in [-0.1, -0.05) is 19.3 Å². The molecule has 1 amide bonds. The summed E-state index contributed by atoms with van der Waals surface area (Å²) in [5, 5.41) is 22.5. The van der Waals surface area contributed by atoms with Crippen molar-refractivity contribution in [3.05, 3.63) is 28.6 Å². The first kappa shape index (κ1) is 29.5. The van der Waals surface area contributed by atoms with Gasteiger partial charge in [0.15, 0.2) is 34.7 Å². The van der Waals surface area contributed by atoms with Crippen LogP contribution in [-0.4, -0.2) is 88.4 Å². The van der Waals surface area contributed by atoms with E-state index in [1.54, 1.807) is 0 Å². The van der Waals surface area contributed by atoms with E-state index in [9.17, 15) is 34.2 Å². The minimum Gasteiger partial charge on any atom is -0.507 e. The highest BCUT2D eigenvalue weighted by molar-refractivity contribution is 6.32. The Morgan fingerprint density at radius 3 is 2.37 bits per heavy atom. The van der Waals surface area contributed by atoms with Crippen LogP contribution >= 0.6 is 0 Å². The lowest BCUT2D eigenvalue weighted by molar-refractivity contribution is -0.181. The summed E-state index contributed by atoms with van der Waals surface area (Å²) in [6.07, 6.45) is 5.64. The van der Waals surface area contributed by atoms with E-state index in [1.807, 2.05) is 11.9 Å². The number of carbonyl (C=O) groups excluding carboxylic acids is 5. The van der Waals surface area contributed by atoms with E-state index in [4.69, 9.17) is 5.73 Å². The molecular weight excluding hydrogens is 533 g/mol. The summed E-state index contributed by atoms with van der Waals surface area (Å²) in [4.78, 5) is 69.5. The lowest BCUT2D eigenvalue weighted by Crippen LogP contribution is -2.74. The molecule has 4 aliphatic carbocycles. The molecule has 4 N–H and O–H groups in total. The summed E-state index contributed by atoms with van der Waals surface area (Å²) < 4.78 is 16.0. The average Bonchev–Trinajstić information content (AvgIpc) is 2.89. The monoisotopic (exact) mass is 571 g/mol. The van der Waals surface area contributed by atoms with Gasteiger partial charge < -0.3 is 20.8 Å². The Hall–Kier alpha value is -3.02. The van der Waals surface area contributed by atoms with Crippen molar-refractivity contribution >= 4 is 29.0 Å². The molecule has 41 heavy (non-hydrogen) atoms. The highest BCUT2D eigenvalue weighted by atomic mass is 19.1. The lowest BCUT2D eigenvalue weighted by atomic mass is 9.52. The smallest absolute Gasteiger partial charge is 0.235 e. The Balaban J connectivity index is 1.49. The number of halogens is 1. The number of fused-ring (bicyclic) bond motifs is 3. The zero-order chi connectivity index (χ0) is 30.0. The number of likely N-dealkylation sites (N-methyl/N-ethyl adjacent to an activating group) is 1. The van der Waals surface area contributed by atoms with Gasteiger partial charge in [0, 0.05) is 30.1 Å². The fourth-order valence-corrected chi connectivity index (χ4v) is 7.99. The normalized spacial score (nSPS) is 32.2. The quantitative estimate of drug-likeness (QED) is 0.424. The molecular formula is C30H38FN3O7. The van der Waals surface area contributed by atoms with Gasteiger partial charge in [-0.05, 0) is 64.7 Å². The molecule has 0 bridgehead atoms. The molecule has 222 valence electrons. The Labute approximate surface area is 238 Å². The van der Waals surface area contributed by atoms with Crippen LogP contribution in [0.3, 0.4) is 0 Å². The number of ketones is 4. The van der Waals surface area contributed by atoms with E-state index in [0.29, 0.717) is 5.92 Å². The molecule has 0 aliphatic heterocycles. The van der Waals surface area contributed by atoms with Crippen molar-refractivity contribution in [2.75, 3.05) is 27.7 Å². The lowest BCUT2D eigenvalue weighted by Gasteiger charge is -2.52. The molecule has 11 heteroatoms. The molecule has 0 saturated heterocycles. The predicted octanol–water partition coefficient (Wildman–Crippen LogP) is 1.02. The number of phenolic OH excluding ortho intramolecular Hbond substituents is 1. The van der Waals surface area contributed by atoms with E-state index >= 15 is 4.39 Å². The Morgan fingerprint density at radius 1 is 1.10 bits per heavy atom. The number of rotatable bonds is 6. The number of benzene rings is 1. The number of Topliss-reactive ketones (excluding diaryl/α,β-unsaturated/α-hetero) is 4. The van der Waals surface area contributed by atoms with Crippen LogP contribution in [0.2, 0.25) is 0 Å². The fraction of sp³-hybridized carbons (Fsp3) is 0.633. The van der Waals surface area contributed by atoms with Crippen LogP contribution in [0.1, 0.15) is 60.0 Å². The highest BCUT2D eigenvalue weighted by Crippen LogP contribution is 2.51. The molecule has 0 aromatic heterocycles. The van der Waals surface area contributed by atoms with Crippen LogP contribution in [0.25, 0.3) is 0 Å². The van der Waals surface area contributed by atoms with Crippen LogP contribution < -0.4 is 5.73 Å². The van der Waals surface area contributed by atoms with Gasteiger partial charge in [0.2, 0.25) is 5.91 Å². The molecule has 6 atom stereocenters. The number of hydrogen-bond donors (Lipinski definition) is 3. The summed E-state index contributed by atoms with van der Waals surface area (Å²) in [5.74, 6) is -11.6. The maximum atomic E-state index is 16.0. The van der Waals surface area contributed by atoms with Crippen molar-refractivity contribution in [1.82, 2.24) is 9.80 Å². The minimum atomic E-state index is -2.80. The van der Waals surface area contributed by atoms with E-state index in [1.165, 1.54) is 44.3 Å². The Kier molecular flexibility index (Phi) is 7.67. The number of aromatic hydroxyl groups is 1.